The van der Waals surface area contributed by atoms with E-state index in [0.717, 1.165) is 21.7 Å². The number of ether oxygens (including phenoxy) is 1. The molecular weight excluding hydrogens is 394 g/mol. The average molecular weight is 416 g/mol. The number of hydrogen-bond donors (Lipinski definition) is 1. The van der Waals surface area contributed by atoms with Gasteiger partial charge in [-0.25, -0.2) is 14.8 Å². The van der Waals surface area contributed by atoms with E-state index in [4.69, 9.17) is 4.74 Å². The molecule has 3 rings (SSSR count). The van der Waals surface area contributed by atoms with Gasteiger partial charge < -0.3 is 10.1 Å². The summed E-state index contributed by atoms with van der Waals surface area (Å²) in [6.45, 7) is 4.36. The van der Waals surface area contributed by atoms with Gasteiger partial charge in [0, 0.05) is 28.1 Å². The van der Waals surface area contributed by atoms with E-state index in [1.807, 2.05) is 13.8 Å². The first-order valence-corrected chi connectivity index (χ1v) is 10.8. The molecule has 1 N–H and O–H groups in total. The molecule has 2 heterocycles. The second kappa shape index (κ2) is 9.66. The molecule has 0 aliphatic rings. The molecule has 6 nitrogen and oxygen atoms in total. The molecule has 3 aromatic rings. The molecule has 0 saturated heterocycles. The Morgan fingerprint density at radius 2 is 2.11 bits per heavy atom. The van der Waals surface area contributed by atoms with Gasteiger partial charge >= 0.3 is 5.97 Å². The molecule has 1 amide bonds. The van der Waals surface area contributed by atoms with E-state index in [-0.39, 0.29) is 11.9 Å². The van der Waals surface area contributed by atoms with Gasteiger partial charge in [0.25, 0.3) is 0 Å². The maximum atomic E-state index is 12.3. The number of aryl methyl sites for hydroxylation is 1. The molecule has 0 spiro atoms. The zero-order valence-corrected chi connectivity index (χ0v) is 17.4. The number of nitrogens with zero attached hydrogens (tertiary/aromatic N) is 2. The van der Waals surface area contributed by atoms with Crippen LogP contribution in [0.2, 0.25) is 0 Å². The second-order valence-corrected chi connectivity index (χ2v) is 8.44. The standard InChI is InChI=1S/C20H21N3O3S2/c1-3-8-26-20(25)14-5-4-6-15(11-14)23-17(24)7-9-27-18-16-10-13(2)28-19(16)22-12-21-18/h4-6,10-12H,3,7-9H2,1-2H3,(H,23,24). The number of rotatable bonds is 8. The Labute approximate surface area is 171 Å². The zero-order chi connectivity index (χ0) is 19.9. The lowest BCUT2D eigenvalue weighted by atomic mass is 10.2. The van der Waals surface area contributed by atoms with E-state index in [9.17, 15) is 9.59 Å². The van der Waals surface area contributed by atoms with Gasteiger partial charge in [0.2, 0.25) is 5.91 Å². The maximum Gasteiger partial charge on any atom is 0.338 e. The number of aromatic nitrogens is 2. The number of benzene rings is 1. The Kier molecular flexibility index (Phi) is 7.00. The summed E-state index contributed by atoms with van der Waals surface area (Å²) in [6, 6.07) is 8.86. The van der Waals surface area contributed by atoms with Gasteiger partial charge in [0.05, 0.1) is 12.2 Å². The lowest BCUT2D eigenvalue weighted by Gasteiger charge is -2.08. The van der Waals surface area contributed by atoms with Gasteiger partial charge in [-0.1, -0.05) is 13.0 Å². The van der Waals surface area contributed by atoms with Crippen molar-refractivity contribution in [2.75, 3.05) is 17.7 Å². The largest absolute Gasteiger partial charge is 0.462 e. The van der Waals surface area contributed by atoms with Crippen LogP contribution in [0.4, 0.5) is 5.69 Å². The summed E-state index contributed by atoms with van der Waals surface area (Å²) < 4.78 is 5.12. The molecule has 8 heteroatoms. The van der Waals surface area contributed by atoms with Crippen LogP contribution in [0.5, 0.6) is 0 Å². The highest BCUT2D eigenvalue weighted by Gasteiger charge is 2.11. The molecule has 0 saturated carbocycles. The number of nitrogens with one attached hydrogen (secondary N) is 1. The maximum absolute atomic E-state index is 12.3. The van der Waals surface area contributed by atoms with Crippen molar-refractivity contribution in [1.29, 1.82) is 0 Å². The first kappa shape index (κ1) is 20.3. The van der Waals surface area contributed by atoms with Crippen LogP contribution < -0.4 is 5.32 Å². The highest BCUT2D eigenvalue weighted by molar-refractivity contribution is 7.99. The molecule has 28 heavy (non-hydrogen) atoms. The van der Waals surface area contributed by atoms with Gasteiger partial charge in [-0.15, -0.1) is 23.1 Å². The van der Waals surface area contributed by atoms with E-state index in [0.29, 0.717) is 30.0 Å². The molecule has 0 aliphatic heterocycles. The quantitative estimate of drug-likeness (QED) is 0.327. The third-order valence-corrected chi connectivity index (χ3v) is 5.77. The summed E-state index contributed by atoms with van der Waals surface area (Å²) in [5.74, 6) is 0.108. The fourth-order valence-electron chi connectivity index (χ4n) is 2.54. The minimum atomic E-state index is -0.382. The molecular formula is C20H21N3O3S2. The molecule has 0 fully saturated rings. The van der Waals surface area contributed by atoms with Crippen LogP contribution in [0, 0.1) is 6.92 Å². The van der Waals surface area contributed by atoms with Crippen LogP contribution in [0.1, 0.15) is 35.0 Å². The SMILES string of the molecule is CCCOC(=O)c1cccc(NC(=O)CCSc2ncnc3sc(C)cc23)c1. The molecule has 0 unspecified atom stereocenters. The summed E-state index contributed by atoms with van der Waals surface area (Å²) in [5, 5.41) is 4.76. The number of thioether (sulfide) groups is 1. The number of fused-ring (bicyclic) bond motifs is 1. The van der Waals surface area contributed by atoms with Crippen molar-refractivity contribution in [3.05, 3.63) is 47.1 Å². The fraction of sp³-hybridized carbons (Fsp3) is 0.300. The number of carbonyl (C=O) groups is 2. The molecule has 0 atom stereocenters. The fourth-order valence-corrected chi connectivity index (χ4v) is 4.36. The molecule has 146 valence electrons. The molecule has 2 aromatic heterocycles. The van der Waals surface area contributed by atoms with Crippen LogP contribution in [0.15, 0.2) is 41.7 Å². The number of amides is 1. The van der Waals surface area contributed by atoms with Crippen molar-refractivity contribution < 1.29 is 14.3 Å². The number of thiophene rings is 1. The van der Waals surface area contributed by atoms with Crippen LogP contribution in [-0.4, -0.2) is 34.2 Å². The Hall–Kier alpha value is -2.45. The Bertz CT molecular complexity index is 988. The van der Waals surface area contributed by atoms with Crippen LogP contribution in [-0.2, 0) is 9.53 Å². The van der Waals surface area contributed by atoms with E-state index in [1.54, 1.807) is 41.9 Å². The first-order valence-electron chi connectivity index (χ1n) is 8.98. The predicted octanol–water partition coefficient (Wildman–Crippen LogP) is 4.69. The van der Waals surface area contributed by atoms with Crippen molar-refractivity contribution in [3.8, 4) is 0 Å². The minimum Gasteiger partial charge on any atom is -0.462 e. The summed E-state index contributed by atoms with van der Waals surface area (Å²) in [4.78, 5) is 34.9. The predicted molar refractivity (Wildman–Crippen MR) is 113 cm³/mol. The number of anilines is 1. The Morgan fingerprint density at radius 1 is 1.25 bits per heavy atom. The van der Waals surface area contributed by atoms with Crippen LogP contribution in [0.25, 0.3) is 10.2 Å². The Morgan fingerprint density at radius 3 is 2.93 bits per heavy atom. The van der Waals surface area contributed by atoms with Crippen molar-refractivity contribution in [2.24, 2.45) is 0 Å². The van der Waals surface area contributed by atoms with Gasteiger partial charge in [0.1, 0.15) is 16.2 Å². The lowest BCUT2D eigenvalue weighted by molar-refractivity contribution is -0.115. The minimum absolute atomic E-state index is 0.113. The van der Waals surface area contributed by atoms with Crippen molar-refractivity contribution in [2.45, 2.75) is 31.7 Å². The number of hydrogen-bond acceptors (Lipinski definition) is 7. The average Bonchev–Trinajstić information content (AvgIpc) is 3.07. The third kappa shape index (κ3) is 5.30. The van der Waals surface area contributed by atoms with E-state index >= 15 is 0 Å². The van der Waals surface area contributed by atoms with E-state index in [2.05, 4.69) is 21.4 Å². The van der Waals surface area contributed by atoms with Crippen molar-refractivity contribution in [3.63, 3.8) is 0 Å². The van der Waals surface area contributed by atoms with Crippen LogP contribution in [0.3, 0.4) is 0 Å². The highest BCUT2D eigenvalue weighted by Crippen LogP contribution is 2.30. The van der Waals surface area contributed by atoms with E-state index in [1.165, 1.54) is 16.6 Å². The van der Waals surface area contributed by atoms with Gasteiger partial charge in [0.15, 0.2) is 0 Å². The number of carbonyl (C=O) groups excluding carboxylic acids is 2. The Balaban J connectivity index is 1.54. The topological polar surface area (TPSA) is 81.2 Å². The summed E-state index contributed by atoms with van der Waals surface area (Å²) in [7, 11) is 0. The van der Waals surface area contributed by atoms with Crippen molar-refractivity contribution >= 4 is 50.9 Å². The van der Waals surface area contributed by atoms with Gasteiger partial charge in [-0.05, 0) is 37.6 Å². The highest BCUT2D eigenvalue weighted by atomic mass is 32.2. The lowest BCUT2D eigenvalue weighted by Crippen LogP contribution is -2.13. The molecule has 0 aliphatic carbocycles. The first-order chi connectivity index (χ1) is 13.6. The zero-order valence-electron chi connectivity index (χ0n) is 15.7. The van der Waals surface area contributed by atoms with Crippen molar-refractivity contribution in [1.82, 2.24) is 9.97 Å². The normalized spacial score (nSPS) is 10.8. The number of esters is 1. The third-order valence-electron chi connectivity index (χ3n) is 3.80. The molecule has 1 aromatic carbocycles. The molecule has 0 radical (unpaired) electrons. The smallest absolute Gasteiger partial charge is 0.338 e. The monoisotopic (exact) mass is 415 g/mol. The van der Waals surface area contributed by atoms with Gasteiger partial charge in [-0.3, -0.25) is 4.79 Å². The van der Waals surface area contributed by atoms with E-state index < -0.39 is 0 Å². The second-order valence-electron chi connectivity index (χ2n) is 6.12. The van der Waals surface area contributed by atoms with Crippen LogP contribution >= 0.6 is 23.1 Å². The molecule has 0 bridgehead atoms. The summed E-state index contributed by atoms with van der Waals surface area (Å²) in [6.07, 6.45) is 2.66. The van der Waals surface area contributed by atoms with Gasteiger partial charge in [-0.2, -0.15) is 0 Å². The summed E-state index contributed by atoms with van der Waals surface area (Å²) in [5.41, 5.74) is 1.01. The summed E-state index contributed by atoms with van der Waals surface area (Å²) >= 11 is 3.17.